The molecule has 1 saturated heterocycles. The van der Waals surface area contributed by atoms with Gasteiger partial charge in [-0.15, -0.1) is 0 Å². The van der Waals surface area contributed by atoms with Gasteiger partial charge in [-0.25, -0.2) is 0 Å². The Balaban J connectivity index is 1.50. The minimum Gasteiger partial charge on any atom is -0.393 e. The summed E-state index contributed by atoms with van der Waals surface area (Å²) < 4.78 is 0. The maximum Gasteiger partial charge on any atom is 0.0570 e. The van der Waals surface area contributed by atoms with Gasteiger partial charge in [0.05, 0.1) is 6.10 Å². The predicted molar refractivity (Wildman–Crippen MR) is 46.9 cm³/mol. The van der Waals surface area contributed by atoms with Crippen molar-refractivity contribution >= 4 is 0 Å². The van der Waals surface area contributed by atoms with Crippen molar-refractivity contribution in [3.8, 4) is 0 Å². The van der Waals surface area contributed by atoms with E-state index in [2.05, 4.69) is 4.90 Å². The van der Waals surface area contributed by atoms with Gasteiger partial charge in [0.1, 0.15) is 0 Å². The maximum atomic E-state index is 9.16. The summed E-state index contributed by atoms with van der Waals surface area (Å²) in [5, 5.41) is 9.16. The minimum atomic E-state index is 0.0212. The van der Waals surface area contributed by atoms with Gasteiger partial charge in [0.2, 0.25) is 0 Å². The Bertz CT molecular complexity index is 186. The third-order valence-corrected chi connectivity index (χ3v) is 4.10. The van der Waals surface area contributed by atoms with Crippen LogP contribution in [0.15, 0.2) is 0 Å². The highest BCUT2D eigenvalue weighted by Crippen LogP contribution is 2.50. The van der Waals surface area contributed by atoms with E-state index in [4.69, 9.17) is 5.11 Å². The van der Waals surface area contributed by atoms with E-state index in [0.29, 0.717) is 0 Å². The molecule has 2 saturated carbocycles. The number of aliphatic hydroxyl groups excluding tert-OH is 1. The second kappa shape index (κ2) is 2.24. The van der Waals surface area contributed by atoms with Gasteiger partial charge in [0, 0.05) is 19.1 Å². The van der Waals surface area contributed by atoms with Crippen LogP contribution in [0.4, 0.5) is 0 Å². The van der Waals surface area contributed by atoms with Crippen LogP contribution in [-0.2, 0) is 0 Å². The first-order chi connectivity index (χ1) is 5.77. The second-order valence-electron chi connectivity index (χ2n) is 5.04. The molecular formula is C10H17NO. The lowest BCUT2D eigenvalue weighted by Gasteiger charge is -2.60. The van der Waals surface area contributed by atoms with Crippen molar-refractivity contribution in [3.05, 3.63) is 0 Å². The summed E-state index contributed by atoms with van der Waals surface area (Å²) in [5.74, 6) is 0. The van der Waals surface area contributed by atoms with Crippen LogP contribution in [0.1, 0.15) is 32.1 Å². The Morgan fingerprint density at radius 1 is 1.17 bits per heavy atom. The second-order valence-corrected chi connectivity index (χ2v) is 5.04. The Labute approximate surface area is 73.6 Å². The highest BCUT2D eigenvalue weighted by molar-refractivity contribution is 5.04. The molecule has 3 aliphatic rings. The lowest BCUT2D eigenvalue weighted by molar-refractivity contribution is -0.121. The molecule has 0 atom stereocenters. The van der Waals surface area contributed by atoms with Crippen LogP contribution in [0.5, 0.6) is 0 Å². The van der Waals surface area contributed by atoms with E-state index in [1.54, 1.807) is 0 Å². The first-order valence-corrected chi connectivity index (χ1v) is 5.20. The summed E-state index contributed by atoms with van der Waals surface area (Å²) in [7, 11) is 0. The molecule has 1 spiro atoms. The quantitative estimate of drug-likeness (QED) is 0.629. The highest BCUT2D eigenvalue weighted by atomic mass is 16.3. The topological polar surface area (TPSA) is 23.5 Å². The molecule has 0 unspecified atom stereocenters. The molecule has 2 heteroatoms. The predicted octanol–water partition coefficient (Wildman–Crippen LogP) is 0.996. The number of likely N-dealkylation sites (tertiary alicyclic amines) is 1. The van der Waals surface area contributed by atoms with Gasteiger partial charge in [-0.1, -0.05) is 6.42 Å². The van der Waals surface area contributed by atoms with Crippen molar-refractivity contribution in [1.82, 2.24) is 4.90 Å². The Morgan fingerprint density at radius 2 is 1.83 bits per heavy atom. The normalized spacial score (nSPS) is 44.8. The number of aliphatic hydroxyl groups is 1. The summed E-state index contributed by atoms with van der Waals surface area (Å²) in [6, 6.07) is 0.742. The number of hydrogen-bond acceptors (Lipinski definition) is 2. The monoisotopic (exact) mass is 167 g/mol. The van der Waals surface area contributed by atoms with E-state index in [1.165, 1.54) is 32.4 Å². The molecule has 0 amide bonds. The highest BCUT2D eigenvalue weighted by Gasteiger charge is 2.50. The van der Waals surface area contributed by atoms with Crippen molar-refractivity contribution in [3.63, 3.8) is 0 Å². The fourth-order valence-electron chi connectivity index (χ4n) is 2.92. The number of hydrogen-bond donors (Lipinski definition) is 1. The fraction of sp³-hybridized carbons (Fsp3) is 1.00. The van der Waals surface area contributed by atoms with Crippen LogP contribution >= 0.6 is 0 Å². The summed E-state index contributed by atoms with van der Waals surface area (Å²) in [4.78, 5) is 2.58. The van der Waals surface area contributed by atoms with Crippen molar-refractivity contribution in [2.75, 3.05) is 13.1 Å². The standard InChI is InChI=1S/C10H17NO/c12-9-4-8(5-9)11-6-10(7-11)2-1-3-10/h8-9,12H,1-7H2. The van der Waals surface area contributed by atoms with Gasteiger partial charge < -0.3 is 5.11 Å². The molecule has 0 aromatic heterocycles. The largest absolute Gasteiger partial charge is 0.393 e. The third-order valence-electron chi connectivity index (χ3n) is 4.10. The summed E-state index contributed by atoms with van der Waals surface area (Å²) in [6.07, 6.45) is 6.50. The third kappa shape index (κ3) is 0.882. The van der Waals surface area contributed by atoms with Gasteiger partial charge in [-0.3, -0.25) is 4.90 Å². The Kier molecular flexibility index (Phi) is 1.37. The van der Waals surface area contributed by atoms with Gasteiger partial charge in [0.15, 0.2) is 0 Å². The zero-order chi connectivity index (χ0) is 8.18. The van der Waals surface area contributed by atoms with Gasteiger partial charge in [-0.05, 0) is 31.1 Å². The molecule has 0 aromatic carbocycles. The van der Waals surface area contributed by atoms with Gasteiger partial charge in [-0.2, -0.15) is 0 Å². The van der Waals surface area contributed by atoms with E-state index < -0.39 is 0 Å². The van der Waals surface area contributed by atoms with Crippen LogP contribution in [0.2, 0.25) is 0 Å². The Morgan fingerprint density at radius 3 is 2.25 bits per heavy atom. The molecule has 0 radical (unpaired) electrons. The first kappa shape index (κ1) is 7.34. The first-order valence-electron chi connectivity index (χ1n) is 5.20. The molecule has 3 fully saturated rings. The Hall–Kier alpha value is -0.0800. The molecule has 0 bridgehead atoms. The van der Waals surface area contributed by atoms with Crippen LogP contribution < -0.4 is 0 Å². The molecular weight excluding hydrogens is 150 g/mol. The van der Waals surface area contributed by atoms with Gasteiger partial charge in [0.25, 0.3) is 0 Å². The van der Waals surface area contributed by atoms with Crippen LogP contribution in [0.25, 0.3) is 0 Å². The van der Waals surface area contributed by atoms with Crippen molar-refractivity contribution < 1.29 is 5.11 Å². The van der Waals surface area contributed by atoms with E-state index in [0.717, 1.165) is 24.3 Å². The molecule has 2 aliphatic carbocycles. The van der Waals surface area contributed by atoms with E-state index >= 15 is 0 Å². The number of rotatable bonds is 1. The molecule has 2 nitrogen and oxygen atoms in total. The molecule has 0 aromatic rings. The average molecular weight is 167 g/mol. The smallest absolute Gasteiger partial charge is 0.0570 e. The molecule has 1 heterocycles. The van der Waals surface area contributed by atoms with E-state index in [1.807, 2.05) is 0 Å². The summed E-state index contributed by atoms with van der Waals surface area (Å²) in [5.41, 5.74) is 0.764. The zero-order valence-electron chi connectivity index (χ0n) is 7.50. The van der Waals surface area contributed by atoms with Crippen LogP contribution in [-0.4, -0.2) is 35.2 Å². The lowest BCUT2D eigenvalue weighted by Crippen LogP contribution is -2.65. The molecule has 1 aliphatic heterocycles. The SMILES string of the molecule is OC1CC(N2CC3(CCC3)C2)C1. The van der Waals surface area contributed by atoms with Crippen molar-refractivity contribution in [1.29, 1.82) is 0 Å². The zero-order valence-corrected chi connectivity index (χ0v) is 7.50. The van der Waals surface area contributed by atoms with Crippen LogP contribution in [0, 0.1) is 5.41 Å². The molecule has 12 heavy (non-hydrogen) atoms. The number of nitrogens with zero attached hydrogens (tertiary/aromatic N) is 1. The fourth-order valence-corrected chi connectivity index (χ4v) is 2.92. The van der Waals surface area contributed by atoms with E-state index in [9.17, 15) is 0 Å². The van der Waals surface area contributed by atoms with Crippen molar-refractivity contribution in [2.45, 2.75) is 44.2 Å². The molecule has 68 valence electrons. The maximum absolute atomic E-state index is 9.16. The summed E-state index contributed by atoms with van der Waals surface area (Å²) >= 11 is 0. The molecule has 1 N–H and O–H groups in total. The van der Waals surface area contributed by atoms with Gasteiger partial charge >= 0.3 is 0 Å². The van der Waals surface area contributed by atoms with Crippen LogP contribution in [0.3, 0.4) is 0 Å². The van der Waals surface area contributed by atoms with Crippen molar-refractivity contribution in [2.24, 2.45) is 5.41 Å². The van der Waals surface area contributed by atoms with E-state index in [-0.39, 0.29) is 6.10 Å². The minimum absolute atomic E-state index is 0.0212. The lowest BCUT2D eigenvalue weighted by atomic mass is 9.62. The summed E-state index contributed by atoms with van der Waals surface area (Å²) in [6.45, 7) is 2.68. The average Bonchev–Trinajstić information content (AvgIpc) is 1.76. The molecule has 3 rings (SSSR count).